The summed E-state index contributed by atoms with van der Waals surface area (Å²) in [5.41, 5.74) is 8.81. The lowest BCUT2D eigenvalue weighted by atomic mass is 9.83. The van der Waals surface area contributed by atoms with E-state index in [1.54, 1.807) is 36.4 Å². The molecule has 4 aromatic carbocycles. The Hall–Kier alpha value is -4.71. The molecule has 1 atom stereocenters. The van der Waals surface area contributed by atoms with Crippen LogP contribution in [-0.4, -0.2) is 12.6 Å². The van der Waals surface area contributed by atoms with Crippen LogP contribution >= 0.6 is 23.2 Å². The van der Waals surface area contributed by atoms with Gasteiger partial charge in [-0.05, 0) is 60.0 Å². The van der Waals surface area contributed by atoms with E-state index in [0.717, 1.165) is 24.0 Å². The molecule has 2 N–H and O–H groups in total. The van der Waals surface area contributed by atoms with Gasteiger partial charge in [0.15, 0.2) is 5.75 Å². The molecule has 5 rings (SSSR count). The van der Waals surface area contributed by atoms with Crippen LogP contribution in [0.1, 0.15) is 52.7 Å². The Labute approximate surface area is 264 Å². The first kappa shape index (κ1) is 30.7. The highest BCUT2D eigenvalue weighted by Gasteiger charge is 2.31. The van der Waals surface area contributed by atoms with Crippen molar-refractivity contribution in [3.63, 3.8) is 0 Å². The maximum Gasteiger partial charge on any atom is 0.343 e. The highest BCUT2D eigenvalue weighted by atomic mass is 35.5. The summed E-state index contributed by atoms with van der Waals surface area (Å²) in [6.07, 6.45) is 1.79. The fourth-order valence-corrected chi connectivity index (χ4v) is 5.24. The SMILES string of the molecule is CCCCOc1c(Cl)cc(C(=O)Oc2ccc3c(c2)OC(N)=C(C#N)C3c2ccc(OCc3ccc(F)cc3)cc2)cc1Cl. The molecular weight excluding hydrogens is 606 g/mol. The molecule has 0 aromatic heterocycles. The van der Waals surface area contributed by atoms with Gasteiger partial charge in [0, 0.05) is 11.6 Å². The Morgan fingerprint density at radius 2 is 1.66 bits per heavy atom. The molecule has 0 saturated heterocycles. The zero-order valence-electron chi connectivity index (χ0n) is 23.6. The summed E-state index contributed by atoms with van der Waals surface area (Å²) in [6.45, 7) is 2.76. The van der Waals surface area contributed by atoms with Crippen LogP contribution in [0.3, 0.4) is 0 Å². The van der Waals surface area contributed by atoms with Crippen molar-refractivity contribution in [2.75, 3.05) is 6.61 Å². The minimum Gasteiger partial charge on any atom is -0.490 e. The molecule has 0 saturated carbocycles. The predicted octanol–water partition coefficient (Wildman–Crippen LogP) is 8.33. The molecule has 0 amide bonds. The van der Waals surface area contributed by atoms with Gasteiger partial charge in [-0.15, -0.1) is 0 Å². The van der Waals surface area contributed by atoms with Gasteiger partial charge in [0.05, 0.1) is 28.1 Å². The first-order valence-corrected chi connectivity index (χ1v) is 14.6. The summed E-state index contributed by atoms with van der Waals surface area (Å²) < 4.78 is 36.0. The fraction of sp³-hybridized carbons (Fsp3) is 0.176. The van der Waals surface area contributed by atoms with E-state index >= 15 is 0 Å². The number of unbranched alkanes of at least 4 members (excludes halogenated alkanes) is 1. The summed E-state index contributed by atoms with van der Waals surface area (Å²) in [4.78, 5) is 13.0. The second-order valence-electron chi connectivity index (χ2n) is 9.97. The van der Waals surface area contributed by atoms with Crippen LogP contribution in [0.15, 0.2) is 90.3 Å². The second-order valence-corrected chi connectivity index (χ2v) is 10.8. The largest absolute Gasteiger partial charge is 0.490 e. The normalized spacial score (nSPS) is 13.8. The zero-order valence-corrected chi connectivity index (χ0v) is 25.1. The molecule has 1 heterocycles. The molecule has 224 valence electrons. The number of hydrogen-bond donors (Lipinski definition) is 1. The lowest BCUT2D eigenvalue weighted by molar-refractivity contribution is 0.0734. The number of rotatable bonds is 10. The number of hydrogen-bond acceptors (Lipinski definition) is 7. The number of fused-ring (bicyclic) bond motifs is 1. The smallest absolute Gasteiger partial charge is 0.343 e. The number of benzene rings is 4. The lowest BCUT2D eigenvalue weighted by Crippen LogP contribution is -2.21. The number of nitriles is 1. The van der Waals surface area contributed by atoms with Crippen LogP contribution in [0.5, 0.6) is 23.0 Å². The molecule has 44 heavy (non-hydrogen) atoms. The highest BCUT2D eigenvalue weighted by molar-refractivity contribution is 6.37. The number of carbonyl (C=O) groups is 1. The Bertz CT molecular complexity index is 1730. The number of ether oxygens (including phenoxy) is 4. The van der Waals surface area contributed by atoms with Crippen LogP contribution in [0.4, 0.5) is 4.39 Å². The minimum absolute atomic E-state index is 0.0534. The van der Waals surface area contributed by atoms with E-state index in [0.29, 0.717) is 29.4 Å². The Morgan fingerprint density at radius 1 is 0.977 bits per heavy atom. The Morgan fingerprint density at radius 3 is 2.32 bits per heavy atom. The molecule has 1 unspecified atom stereocenters. The summed E-state index contributed by atoms with van der Waals surface area (Å²) in [5, 5.41) is 10.3. The van der Waals surface area contributed by atoms with Crippen molar-refractivity contribution in [1.29, 1.82) is 5.26 Å². The summed E-state index contributed by atoms with van der Waals surface area (Å²) in [6, 6.07) is 23.2. The molecular formula is C34H27Cl2FN2O5. The first-order valence-electron chi connectivity index (χ1n) is 13.8. The predicted molar refractivity (Wildman–Crippen MR) is 165 cm³/mol. The van der Waals surface area contributed by atoms with Crippen molar-refractivity contribution in [2.45, 2.75) is 32.3 Å². The zero-order chi connectivity index (χ0) is 31.2. The molecule has 0 fully saturated rings. The van der Waals surface area contributed by atoms with E-state index in [9.17, 15) is 14.4 Å². The van der Waals surface area contributed by atoms with E-state index in [2.05, 4.69) is 6.07 Å². The van der Waals surface area contributed by atoms with Gasteiger partial charge >= 0.3 is 5.97 Å². The molecule has 1 aliphatic heterocycles. The van der Waals surface area contributed by atoms with Gasteiger partial charge in [-0.25, -0.2) is 9.18 Å². The van der Waals surface area contributed by atoms with Gasteiger partial charge in [0.25, 0.3) is 0 Å². The van der Waals surface area contributed by atoms with Crippen LogP contribution in [0.2, 0.25) is 10.0 Å². The van der Waals surface area contributed by atoms with E-state index in [-0.39, 0.29) is 45.2 Å². The molecule has 0 bridgehead atoms. The maximum atomic E-state index is 13.2. The van der Waals surface area contributed by atoms with E-state index < -0.39 is 11.9 Å². The second kappa shape index (κ2) is 13.7. The lowest BCUT2D eigenvalue weighted by Gasteiger charge is -2.27. The van der Waals surface area contributed by atoms with Gasteiger partial charge in [0.2, 0.25) is 5.88 Å². The summed E-state index contributed by atoms with van der Waals surface area (Å²) in [7, 11) is 0. The Balaban J connectivity index is 1.33. The van der Waals surface area contributed by atoms with E-state index in [1.165, 1.54) is 30.3 Å². The number of allylic oxidation sites excluding steroid dienone is 1. The van der Waals surface area contributed by atoms with Crippen molar-refractivity contribution in [3.8, 4) is 29.1 Å². The van der Waals surface area contributed by atoms with Crippen molar-refractivity contribution in [2.24, 2.45) is 5.73 Å². The van der Waals surface area contributed by atoms with Crippen molar-refractivity contribution >= 4 is 29.2 Å². The average Bonchev–Trinajstić information content (AvgIpc) is 3.01. The van der Waals surface area contributed by atoms with Crippen molar-refractivity contribution in [1.82, 2.24) is 0 Å². The van der Waals surface area contributed by atoms with Crippen LogP contribution in [0, 0.1) is 17.1 Å². The van der Waals surface area contributed by atoms with E-state index in [1.807, 2.05) is 19.1 Å². The molecule has 0 aliphatic carbocycles. The molecule has 0 radical (unpaired) electrons. The maximum absolute atomic E-state index is 13.2. The first-order chi connectivity index (χ1) is 21.3. The van der Waals surface area contributed by atoms with Crippen LogP contribution in [-0.2, 0) is 6.61 Å². The average molecular weight is 634 g/mol. The summed E-state index contributed by atoms with van der Waals surface area (Å²) >= 11 is 12.7. The highest BCUT2D eigenvalue weighted by Crippen LogP contribution is 2.44. The molecule has 1 aliphatic rings. The number of esters is 1. The topological polar surface area (TPSA) is 104 Å². The molecule has 7 nitrogen and oxygen atoms in total. The third kappa shape index (κ3) is 6.91. The van der Waals surface area contributed by atoms with Gasteiger partial charge in [-0.3, -0.25) is 0 Å². The van der Waals surface area contributed by atoms with E-state index in [4.69, 9.17) is 47.9 Å². The minimum atomic E-state index is -0.682. The Kier molecular flexibility index (Phi) is 9.59. The number of nitrogens with zero attached hydrogens (tertiary/aromatic N) is 1. The summed E-state index contributed by atoms with van der Waals surface area (Å²) in [5.74, 6) is -0.129. The van der Waals surface area contributed by atoms with Crippen molar-refractivity contribution < 1.29 is 28.1 Å². The van der Waals surface area contributed by atoms with Crippen molar-refractivity contribution in [3.05, 3.63) is 128 Å². The molecule has 0 spiro atoms. The number of nitrogens with two attached hydrogens (primary N) is 1. The fourth-order valence-electron chi connectivity index (χ4n) is 4.65. The quantitative estimate of drug-likeness (QED) is 0.106. The standard InChI is InChI=1S/C34H27Cl2FN2O5/c1-2-3-14-41-32-28(35)15-22(16-29(32)36)34(40)43-25-12-13-26-30(17-25)44-33(39)27(18-38)31(26)21-6-10-24(11-7-21)42-19-20-4-8-23(37)9-5-20/h4-13,15-17,31H,2-3,14,19,39H2,1H3. The van der Waals surface area contributed by atoms with Gasteiger partial charge in [-0.1, -0.05) is 66.9 Å². The molecule has 4 aromatic rings. The van der Waals surface area contributed by atoms with Crippen LogP contribution in [0.25, 0.3) is 0 Å². The van der Waals surface area contributed by atoms with Gasteiger partial charge in [-0.2, -0.15) is 5.26 Å². The van der Waals surface area contributed by atoms with Gasteiger partial charge < -0.3 is 24.7 Å². The molecule has 10 heteroatoms. The third-order valence-corrected chi connectivity index (χ3v) is 7.47. The van der Waals surface area contributed by atoms with Crippen LogP contribution < -0.4 is 24.7 Å². The third-order valence-electron chi connectivity index (χ3n) is 6.91. The number of halogens is 3. The van der Waals surface area contributed by atoms with Gasteiger partial charge in [0.1, 0.15) is 41.3 Å². The monoisotopic (exact) mass is 632 g/mol. The number of carbonyl (C=O) groups excluding carboxylic acids is 1.